The molecule has 1 amide bonds. The van der Waals surface area contributed by atoms with E-state index in [0.29, 0.717) is 13.1 Å². The van der Waals surface area contributed by atoms with Gasteiger partial charge in [0, 0.05) is 37.9 Å². The number of carbonyl (C=O) groups is 1. The van der Waals surface area contributed by atoms with Crippen LogP contribution in [-0.2, 0) is 4.79 Å². The van der Waals surface area contributed by atoms with Crippen molar-refractivity contribution in [3.05, 3.63) is 30.3 Å². The minimum Gasteiger partial charge on any atom is -0.329 e. The highest BCUT2D eigenvalue weighted by Gasteiger charge is 2.25. The second-order valence-corrected chi connectivity index (χ2v) is 5.04. The number of nitrogens with one attached hydrogen (secondary N) is 1. The van der Waals surface area contributed by atoms with E-state index in [1.54, 1.807) is 0 Å². The Hall–Kier alpha value is -1.43. The molecule has 0 spiro atoms. The minimum absolute atomic E-state index is 0.0224. The van der Waals surface area contributed by atoms with E-state index >= 15 is 0 Å². The van der Waals surface area contributed by atoms with Gasteiger partial charge in [0.25, 0.3) is 0 Å². The fourth-order valence-corrected chi connectivity index (χ4v) is 2.39. The van der Waals surface area contributed by atoms with Crippen molar-refractivity contribution < 1.29 is 4.79 Å². The highest BCUT2D eigenvalue weighted by Crippen LogP contribution is 2.09. The fourth-order valence-electron chi connectivity index (χ4n) is 2.39. The topological polar surface area (TPSA) is 61.6 Å². The average molecular weight is 262 g/mol. The third-order valence-corrected chi connectivity index (χ3v) is 3.48. The van der Waals surface area contributed by atoms with Gasteiger partial charge in [0.15, 0.2) is 0 Å². The van der Waals surface area contributed by atoms with Gasteiger partial charge in [0.05, 0.1) is 6.54 Å². The van der Waals surface area contributed by atoms with Gasteiger partial charge < -0.3 is 16.0 Å². The SMILES string of the molecule is CN1CCN(CC(=O)Nc2ccccc2)C(CN)C1. The van der Waals surface area contributed by atoms with Crippen LogP contribution >= 0.6 is 0 Å². The lowest BCUT2D eigenvalue weighted by Gasteiger charge is -2.39. The first-order valence-electron chi connectivity index (χ1n) is 6.66. The predicted octanol–water partition coefficient (Wildman–Crippen LogP) is 0.200. The van der Waals surface area contributed by atoms with Crippen LogP contribution in [0.2, 0.25) is 0 Å². The Morgan fingerprint density at radius 3 is 2.79 bits per heavy atom. The van der Waals surface area contributed by atoms with Crippen LogP contribution in [-0.4, -0.2) is 61.5 Å². The van der Waals surface area contributed by atoms with E-state index in [2.05, 4.69) is 22.2 Å². The maximum absolute atomic E-state index is 12.0. The third kappa shape index (κ3) is 4.02. The second kappa shape index (κ2) is 6.65. The summed E-state index contributed by atoms with van der Waals surface area (Å²) in [6, 6.07) is 9.80. The molecule has 0 bridgehead atoms. The van der Waals surface area contributed by atoms with Crippen LogP contribution in [0.1, 0.15) is 0 Å². The number of likely N-dealkylation sites (N-methyl/N-ethyl adjacent to an activating group) is 1. The zero-order valence-electron chi connectivity index (χ0n) is 11.4. The number of nitrogens with two attached hydrogens (primary N) is 1. The largest absolute Gasteiger partial charge is 0.329 e. The standard InChI is InChI=1S/C14H22N4O/c1-17-7-8-18(13(9-15)10-17)11-14(19)16-12-5-3-2-4-6-12/h2-6,13H,7-11,15H2,1H3,(H,16,19). The molecule has 1 fully saturated rings. The summed E-state index contributed by atoms with van der Waals surface area (Å²) in [4.78, 5) is 16.4. The molecule has 0 radical (unpaired) electrons. The number of hydrogen-bond donors (Lipinski definition) is 2. The van der Waals surface area contributed by atoms with Crippen molar-refractivity contribution in [2.24, 2.45) is 5.73 Å². The van der Waals surface area contributed by atoms with E-state index in [9.17, 15) is 4.79 Å². The zero-order chi connectivity index (χ0) is 13.7. The maximum atomic E-state index is 12.0. The number of carbonyl (C=O) groups excluding carboxylic acids is 1. The number of anilines is 1. The van der Waals surface area contributed by atoms with Crippen LogP contribution < -0.4 is 11.1 Å². The summed E-state index contributed by atoms with van der Waals surface area (Å²) in [5.41, 5.74) is 6.62. The summed E-state index contributed by atoms with van der Waals surface area (Å²) in [6.07, 6.45) is 0. The van der Waals surface area contributed by atoms with E-state index in [1.165, 1.54) is 0 Å². The Labute approximate surface area is 114 Å². The number of hydrogen-bond acceptors (Lipinski definition) is 4. The molecule has 3 N–H and O–H groups in total. The first-order valence-corrected chi connectivity index (χ1v) is 6.66. The number of para-hydroxylation sites is 1. The van der Waals surface area contributed by atoms with Gasteiger partial charge in [0.2, 0.25) is 5.91 Å². The molecule has 1 saturated heterocycles. The molecule has 2 rings (SSSR count). The van der Waals surface area contributed by atoms with Gasteiger partial charge in [-0.3, -0.25) is 9.69 Å². The Kier molecular flexibility index (Phi) is 4.90. The Balaban J connectivity index is 1.87. The van der Waals surface area contributed by atoms with Gasteiger partial charge in [-0.1, -0.05) is 18.2 Å². The molecule has 0 aliphatic carbocycles. The second-order valence-electron chi connectivity index (χ2n) is 5.04. The van der Waals surface area contributed by atoms with Crippen molar-refractivity contribution in [1.82, 2.24) is 9.80 Å². The molecular weight excluding hydrogens is 240 g/mol. The van der Waals surface area contributed by atoms with Crippen LogP contribution in [0.4, 0.5) is 5.69 Å². The van der Waals surface area contributed by atoms with E-state index in [-0.39, 0.29) is 11.9 Å². The highest BCUT2D eigenvalue weighted by atomic mass is 16.2. The van der Waals surface area contributed by atoms with Gasteiger partial charge in [-0.2, -0.15) is 0 Å². The van der Waals surface area contributed by atoms with E-state index in [1.807, 2.05) is 30.3 Å². The van der Waals surface area contributed by atoms with Crippen LogP contribution in [0.5, 0.6) is 0 Å². The van der Waals surface area contributed by atoms with Crippen molar-refractivity contribution in [1.29, 1.82) is 0 Å². The van der Waals surface area contributed by atoms with Gasteiger partial charge in [-0.25, -0.2) is 0 Å². The van der Waals surface area contributed by atoms with Crippen molar-refractivity contribution in [2.45, 2.75) is 6.04 Å². The van der Waals surface area contributed by atoms with Crippen LogP contribution in [0, 0.1) is 0 Å². The molecule has 104 valence electrons. The monoisotopic (exact) mass is 262 g/mol. The molecule has 1 heterocycles. The molecule has 1 aliphatic rings. The molecule has 5 nitrogen and oxygen atoms in total. The lowest BCUT2D eigenvalue weighted by molar-refractivity contribution is -0.118. The van der Waals surface area contributed by atoms with Crippen LogP contribution in [0.15, 0.2) is 30.3 Å². The summed E-state index contributed by atoms with van der Waals surface area (Å²) < 4.78 is 0. The molecule has 1 aliphatic heterocycles. The van der Waals surface area contributed by atoms with Crippen molar-refractivity contribution >= 4 is 11.6 Å². The quantitative estimate of drug-likeness (QED) is 0.814. The number of rotatable bonds is 4. The van der Waals surface area contributed by atoms with E-state index in [4.69, 9.17) is 5.73 Å². The summed E-state index contributed by atoms with van der Waals surface area (Å²) in [5.74, 6) is 0.0224. The number of benzene rings is 1. The molecule has 1 aromatic rings. The molecule has 19 heavy (non-hydrogen) atoms. The first kappa shape index (κ1) is 14.0. The lowest BCUT2D eigenvalue weighted by Crippen LogP contribution is -2.56. The zero-order valence-corrected chi connectivity index (χ0v) is 11.4. The first-order chi connectivity index (χ1) is 9.19. The smallest absolute Gasteiger partial charge is 0.238 e. The van der Waals surface area contributed by atoms with Gasteiger partial charge in [0.1, 0.15) is 0 Å². The highest BCUT2D eigenvalue weighted by molar-refractivity contribution is 5.92. The Bertz CT molecular complexity index is 409. The maximum Gasteiger partial charge on any atom is 0.238 e. The fraction of sp³-hybridized carbons (Fsp3) is 0.500. The van der Waals surface area contributed by atoms with Gasteiger partial charge >= 0.3 is 0 Å². The molecule has 0 aromatic heterocycles. The molecule has 1 unspecified atom stereocenters. The average Bonchev–Trinajstić information content (AvgIpc) is 2.42. The van der Waals surface area contributed by atoms with Gasteiger partial charge in [-0.15, -0.1) is 0 Å². The molecule has 1 aromatic carbocycles. The summed E-state index contributed by atoms with van der Waals surface area (Å²) in [5, 5.41) is 2.91. The summed E-state index contributed by atoms with van der Waals surface area (Å²) >= 11 is 0. The number of amides is 1. The van der Waals surface area contributed by atoms with E-state index < -0.39 is 0 Å². The number of nitrogens with zero attached hydrogens (tertiary/aromatic N) is 2. The Morgan fingerprint density at radius 1 is 1.37 bits per heavy atom. The lowest BCUT2D eigenvalue weighted by atomic mass is 10.1. The molecule has 5 heteroatoms. The van der Waals surface area contributed by atoms with E-state index in [0.717, 1.165) is 25.3 Å². The molecular formula is C14H22N4O. The summed E-state index contributed by atoms with van der Waals surface area (Å²) in [7, 11) is 2.09. The molecule has 0 saturated carbocycles. The van der Waals surface area contributed by atoms with Crippen LogP contribution in [0.25, 0.3) is 0 Å². The normalized spacial score (nSPS) is 21.3. The Morgan fingerprint density at radius 2 is 2.11 bits per heavy atom. The third-order valence-electron chi connectivity index (χ3n) is 3.48. The number of piperazine rings is 1. The van der Waals surface area contributed by atoms with Crippen molar-refractivity contribution in [3.63, 3.8) is 0 Å². The molecule has 1 atom stereocenters. The predicted molar refractivity (Wildman–Crippen MR) is 77.0 cm³/mol. The van der Waals surface area contributed by atoms with Crippen molar-refractivity contribution in [3.8, 4) is 0 Å². The minimum atomic E-state index is 0.0224. The van der Waals surface area contributed by atoms with Crippen LogP contribution in [0.3, 0.4) is 0 Å². The van der Waals surface area contributed by atoms with Gasteiger partial charge in [-0.05, 0) is 19.2 Å². The van der Waals surface area contributed by atoms with Crippen molar-refractivity contribution in [2.75, 3.05) is 45.1 Å². The summed E-state index contributed by atoms with van der Waals surface area (Å²) in [6.45, 7) is 3.79.